The minimum Gasteiger partial charge on any atom is -0.508 e. The van der Waals surface area contributed by atoms with Crippen LogP contribution in [0.1, 0.15) is 59.0 Å². The number of halogens is 1. The number of hydrogen-bond acceptors (Lipinski definition) is 4. The Bertz CT molecular complexity index is 1050. The quantitative estimate of drug-likeness (QED) is 0.712. The van der Waals surface area contributed by atoms with Gasteiger partial charge >= 0.3 is 5.97 Å². The van der Waals surface area contributed by atoms with Crippen molar-refractivity contribution in [1.29, 1.82) is 0 Å². The third kappa shape index (κ3) is 2.90. The lowest BCUT2D eigenvalue weighted by Gasteiger charge is -2.60. The number of esters is 1. The van der Waals surface area contributed by atoms with E-state index in [2.05, 4.69) is 26.8 Å². The molecule has 2 aliphatic rings. The average molecular weight is 428 g/mol. The highest BCUT2D eigenvalue weighted by atomic mass is 35.5. The lowest BCUT2D eigenvalue weighted by atomic mass is 9.51. The van der Waals surface area contributed by atoms with Crippen LogP contribution in [0.5, 0.6) is 5.75 Å². The zero-order valence-corrected chi connectivity index (χ0v) is 18.4. The van der Waals surface area contributed by atoms with E-state index >= 15 is 0 Å². The van der Waals surface area contributed by atoms with Crippen LogP contribution >= 0.6 is 11.6 Å². The lowest BCUT2D eigenvalue weighted by molar-refractivity contribution is -0.0266. The van der Waals surface area contributed by atoms with Crippen molar-refractivity contribution in [3.8, 4) is 5.75 Å². The standard InChI is InChI=1S/C24H26ClNO4/c1-23(2)20-13-17-18(6-5-7-19(17)27)24(23,3)8-9-26(20)21(28)14-10-15(22(29)30-4)12-16(25)11-14/h5-7,10-12,20,27H,8-9,13H2,1-4H3. The van der Waals surface area contributed by atoms with Gasteiger partial charge in [0, 0.05) is 28.6 Å². The number of nitrogens with zero attached hydrogens (tertiary/aromatic N) is 1. The fraction of sp³-hybridized carbons (Fsp3) is 0.417. The first-order valence-electron chi connectivity index (χ1n) is 10.1. The van der Waals surface area contributed by atoms with Crippen molar-refractivity contribution in [3.05, 3.63) is 63.7 Å². The van der Waals surface area contributed by atoms with Crippen molar-refractivity contribution in [2.45, 2.75) is 45.1 Å². The van der Waals surface area contributed by atoms with Gasteiger partial charge in [-0.25, -0.2) is 4.79 Å². The Labute approximate surface area is 181 Å². The Morgan fingerprint density at radius 2 is 1.87 bits per heavy atom. The molecule has 1 saturated heterocycles. The first-order valence-corrected chi connectivity index (χ1v) is 10.5. The minimum absolute atomic E-state index is 0.0925. The lowest BCUT2D eigenvalue weighted by Crippen LogP contribution is -2.64. The van der Waals surface area contributed by atoms with Crippen LogP contribution in [0.25, 0.3) is 0 Å². The highest BCUT2D eigenvalue weighted by Gasteiger charge is 2.57. The summed E-state index contributed by atoms with van der Waals surface area (Å²) in [6, 6.07) is 10.2. The minimum atomic E-state index is -0.533. The largest absolute Gasteiger partial charge is 0.508 e. The first-order chi connectivity index (χ1) is 14.1. The smallest absolute Gasteiger partial charge is 0.337 e. The zero-order valence-electron chi connectivity index (χ0n) is 17.7. The summed E-state index contributed by atoms with van der Waals surface area (Å²) in [6.45, 7) is 7.22. The summed E-state index contributed by atoms with van der Waals surface area (Å²) < 4.78 is 4.79. The van der Waals surface area contributed by atoms with E-state index in [9.17, 15) is 14.7 Å². The number of carbonyl (C=O) groups excluding carboxylic acids is 2. The summed E-state index contributed by atoms with van der Waals surface area (Å²) in [7, 11) is 1.30. The van der Waals surface area contributed by atoms with Gasteiger partial charge in [0.05, 0.1) is 12.7 Å². The molecule has 1 aliphatic heterocycles. The SMILES string of the molecule is COC(=O)c1cc(Cl)cc(C(=O)N2CCC3(C)c4cccc(O)c4CC2C3(C)C)c1. The summed E-state index contributed by atoms with van der Waals surface area (Å²) in [5.74, 6) is -0.416. The van der Waals surface area contributed by atoms with Gasteiger partial charge in [-0.05, 0) is 53.6 Å². The molecule has 4 rings (SSSR count). The third-order valence-corrected chi connectivity index (χ3v) is 7.67. The molecular weight excluding hydrogens is 402 g/mol. The maximum atomic E-state index is 13.6. The average Bonchev–Trinajstić information content (AvgIpc) is 2.69. The molecule has 2 atom stereocenters. The van der Waals surface area contributed by atoms with E-state index in [0.29, 0.717) is 23.6 Å². The van der Waals surface area contributed by atoms with E-state index in [1.165, 1.54) is 24.8 Å². The number of carbonyl (C=O) groups is 2. The zero-order chi connectivity index (χ0) is 21.8. The molecule has 1 heterocycles. The van der Waals surface area contributed by atoms with Gasteiger partial charge in [0.2, 0.25) is 0 Å². The van der Waals surface area contributed by atoms with Gasteiger partial charge in [0.25, 0.3) is 5.91 Å². The molecule has 1 N–H and O–H groups in total. The Kier molecular flexibility index (Phi) is 4.85. The van der Waals surface area contributed by atoms with Crippen molar-refractivity contribution in [1.82, 2.24) is 4.90 Å². The summed E-state index contributed by atoms with van der Waals surface area (Å²) in [4.78, 5) is 27.4. The van der Waals surface area contributed by atoms with Crippen molar-refractivity contribution in [2.24, 2.45) is 5.41 Å². The molecule has 0 radical (unpaired) electrons. The molecule has 0 spiro atoms. The van der Waals surface area contributed by atoms with Crippen molar-refractivity contribution in [3.63, 3.8) is 0 Å². The normalized spacial score (nSPS) is 24.2. The number of phenols is 1. The number of rotatable bonds is 2. The molecule has 2 bridgehead atoms. The molecule has 6 heteroatoms. The van der Waals surface area contributed by atoms with Gasteiger partial charge in [-0.3, -0.25) is 4.79 Å². The number of ether oxygens (including phenoxy) is 1. The predicted molar refractivity (Wildman–Crippen MR) is 115 cm³/mol. The highest BCUT2D eigenvalue weighted by molar-refractivity contribution is 6.31. The van der Waals surface area contributed by atoms with E-state index in [4.69, 9.17) is 16.3 Å². The summed E-state index contributed by atoms with van der Waals surface area (Å²) >= 11 is 6.19. The van der Waals surface area contributed by atoms with Gasteiger partial charge in [0.1, 0.15) is 5.75 Å². The molecule has 1 amide bonds. The van der Waals surface area contributed by atoms with E-state index in [1.807, 2.05) is 11.0 Å². The fourth-order valence-corrected chi connectivity index (χ4v) is 5.52. The van der Waals surface area contributed by atoms with Crippen LogP contribution in [0.15, 0.2) is 36.4 Å². The Morgan fingerprint density at radius 1 is 1.17 bits per heavy atom. The number of methoxy groups -OCH3 is 1. The second kappa shape index (κ2) is 7.02. The highest BCUT2D eigenvalue weighted by Crippen LogP contribution is 2.57. The Balaban J connectivity index is 1.77. The molecule has 158 valence electrons. The van der Waals surface area contributed by atoms with Crippen LogP contribution in [0.3, 0.4) is 0 Å². The number of phenolic OH excluding ortho intramolecular Hbond substituents is 1. The number of aromatic hydroxyl groups is 1. The van der Waals surface area contributed by atoms with Gasteiger partial charge in [-0.2, -0.15) is 0 Å². The first kappa shape index (κ1) is 20.7. The molecule has 1 fully saturated rings. The van der Waals surface area contributed by atoms with Gasteiger partial charge in [0.15, 0.2) is 0 Å². The monoisotopic (exact) mass is 427 g/mol. The van der Waals surface area contributed by atoms with Crippen LogP contribution in [-0.4, -0.2) is 41.6 Å². The van der Waals surface area contributed by atoms with Crippen molar-refractivity contribution < 1.29 is 19.4 Å². The second-order valence-corrected chi connectivity index (χ2v) is 9.48. The van der Waals surface area contributed by atoms with Crippen molar-refractivity contribution in [2.75, 3.05) is 13.7 Å². The van der Waals surface area contributed by atoms with Gasteiger partial charge in [-0.1, -0.05) is 44.5 Å². The maximum Gasteiger partial charge on any atom is 0.337 e. The van der Waals surface area contributed by atoms with Crippen LogP contribution < -0.4 is 0 Å². The topological polar surface area (TPSA) is 66.8 Å². The number of likely N-dealkylation sites (tertiary alicyclic amines) is 1. The summed E-state index contributed by atoms with van der Waals surface area (Å²) in [6.07, 6.45) is 1.36. The molecule has 2 aromatic rings. The molecular formula is C24H26ClNO4. The van der Waals surface area contributed by atoms with Gasteiger partial charge < -0.3 is 14.7 Å². The van der Waals surface area contributed by atoms with Crippen molar-refractivity contribution >= 4 is 23.5 Å². The molecule has 5 nitrogen and oxygen atoms in total. The van der Waals surface area contributed by atoms with E-state index in [1.54, 1.807) is 12.1 Å². The Hall–Kier alpha value is -2.53. The fourth-order valence-electron chi connectivity index (χ4n) is 5.28. The summed E-state index contributed by atoms with van der Waals surface area (Å²) in [5, 5.41) is 10.8. The third-order valence-electron chi connectivity index (χ3n) is 7.45. The van der Waals surface area contributed by atoms with Gasteiger partial charge in [-0.15, -0.1) is 0 Å². The van der Waals surface area contributed by atoms with E-state index in [-0.39, 0.29) is 34.1 Å². The van der Waals surface area contributed by atoms with E-state index < -0.39 is 5.97 Å². The molecule has 2 unspecified atom stereocenters. The number of benzene rings is 2. The predicted octanol–water partition coefficient (Wildman–Crippen LogP) is 4.59. The second-order valence-electron chi connectivity index (χ2n) is 9.05. The van der Waals surface area contributed by atoms with Crippen LogP contribution in [-0.2, 0) is 16.6 Å². The van der Waals surface area contributed by atoms with Crippen LogP contribution in [0.2, 0.25) is 5.02 Å². The molecule has 1 aliphatic carbocycles. The van der Waals surface area contributed by atoms with E-state index in [0.717, 1.165) is 12.0 Å². The molecule has 0 saturated carbocycles. The number of fused-ring (bicyclic) bond motifs is 4. The van der Waals surface area contributed by atoms with Crippen LogP contribution in [0, 0.1) is 5.41 Å². The Morgan fingerprint density at radius 3 is 2.57 bits per heavy atom. The number of piperidine rings is 1. The number of amides is 1. The molecule has 30 heavy (non-hydrogen) atoms. The van der Waals surface area contributed by atoms with Crippen LogP contribution in [0.4, 0.5) is 0 Å². The maximum absolute atomic E-state index is 13.6. The molecule has 0 aromatic heterocycles. The summed E-state index contributed by atoms with van der Waals surface area (Å²) in [5.41, 5.74) is 2.35. The molecule has 2 aromatic carbocycles. The number of hydrogen-bond donors (Lipinski definition) is 1.